The molecule has 3 aromatic rings. The molecular formula is C21H20N4O5. The first-order chi connectivity index (χ1) is 14.5. The van der Waals surface area contributed by atoms with Crippen LogP contribution in [0.25, 0.3) is 0 Å². The molecule has 0 bridgehead atoms. The molecule has 0 aliphatic heterocycles. The van der Waals surface area contributed by atoms with Crippen LogP contribution in [-0.2, 0) is 17.8 Å². The molecule has 1 heterocycles. The number of amides is 1. The fourth-order valence-corrected chi connectivity index (χ4v) is 2.82. The molecule has 0 radical (unpaired) electrons. The molecule has 1 amide bonds. The smallest absolute Gasteiger partial charge is 0.338 e. The Balaban J connectivity index is 1.67. The fraction of sp³-hybridized carbons (Fsp3) is 0.190. The van der Waals surface area contributed by atoms with Crippen molar-refractivity contribution in [3.8, 4) is 0 Å². The summed E-state index contributed by atoms with van der Waals surface area (Å²) in [5, 5.41) is 13.9. The quantitative estimate of drug-likeness (QED) is 0.348. The van der Waals surface area contributed by atoms with Gasteiger partial charge in [0.15, 0.2) is 0 Å². The summed E-state index contributed by atoms with van der Waals surface area (Å²) in [6, 6.07) is 11.2. The highest BCUT2D eigenvalue weighted by Gasteiger charge is 2.18. The number of imidazole rings is 1. The molecule has 0 unspecified atom stereocenters. The molecule has 30 heavy (non-hydrogen) atoms. The van der Waals surface area contributed by atoms with Gasteiger partial charge in [-0.05, 0) is 24.1 Å². The van der Waals surface area contributed by atoms with Gasteiger partial charge in [0, 0.05) is 43.2 Å². The number of nitro groups is 1. The number of hydrogen-bond acceptors (Lipinski definition) is 6. The van der Waals surface area contributed by atoms with Gasteiger partial charge in [-0.1, -0.05) is 24.3 Å². The number of carbonyl (C=O) groups is 2. The van der Waals surface area contributed by atoms with Crippen molar-refractivity contribution in [2.24, 2.45) is 0 Å². The van der Waals surface area contributed by atoms with Crippen LogP contribution in [0.4, 0.5) is 5.69 Å². The van der Waals surface area contributed by atoms with Gasteiger partial charge in [0.2, 0.25) is 0 Å². The molecule has 0 fully saturated rings. The third kappa shape index (κ3) is 5.28. The highest BCUT2D eigenvalue weighted by molar-refractivity contribution is 5.99. The Morgan fingerprint density at radius 1 is 1.13 bits per heavy atom. The topological polar surface area (TPSA) is 116 Å². The molecule has 9 nitrogen and oxygen atoms in total. The van der Waals surface area contributed by atoms with Gasteiger partial charge in [-0.25, -0.2) is 9.78 Å². The van der Waals surface area contributed by atoms with E-state index in [9.17, 15) is 19.7 Å². The van der Waals surface area contributed by atoms with Crippen LogP contribution in [0.5, 0.6) is 0 Å². The van der Waals surface area contributed by atoms with E-state index in [0.29, 0.717) is 6.54 Å². The van der Waals surface area contributed by atoms with Gasteiger partial charge in [-0.15, -0.1) is 0 Å². The Kier molecular flexibility index (Phi) is 6.53. The first kappa shape index (κ1) is 20.7. The highest BCUT2D eigenvalue weighted by Crippen LogP contribution is 2.18. The van der Waals surface area contributed by atoms with Crippen LogP contribution < -0.4 is 5.32 Å². The largest absolute Gasteiger partial charge is 0.462 e. The monoisotopic (exact) mass is 408 g/mol. The van der Waals surface area contributed by atoms with Crippen LogP contribution in [-0.4, -0.2) is 33.0 Å². The van der Waals surface area contributed by atoms with E-state index < -0.39 is 16.8 Å². The van der Waals surface area contributed by atoms with E-state index in [0.717, 1.165) is 23.3 Å². The number of aromatic nitrogens is 2. The highest BCUT2D eigenvalue weighted by atomic mass is 16.6. The molecule has 0 aliphatic carbocycles. The minimum Gasteiger partial charge on any atom is -0.462 e. The van der Waals surface area contributed by atoms with Crippen molar-refractivity contribution in [3.63, 3.8) is 0 Å². The lowest BCUT2D eigenvalue weighted by Gasteiger charge is -2.09. The van der Waals surface area contributed by atoms with Gasteiger partial charge in [-0.3, -0.25) is 14.9 Å². The molecule has 154 valence electrons. The minimum atomic E-state index is -0.719. The summed E-state index contributed by atoms with van der Waals surface area (Å²) >= 11 is 0. The third-order valence-corrected chi connectivity index (χ3v) is 4.30. The zero-order valence-electron chi connectivity index (χ0n) is 16.3. The first-order valence-corrected chi connectivity index (χ1v) is 9.24. The lowest BCUT2D eigenvalue weighted by molar-refractivity contribution is -0.384. The van der Waals surface area contributed by atoms with Crippen LogP contribution in [0.3, 0.4) is 0 Å². The van der Waals surface area contributed by atoms with Crippen molar-refractivity contribution in [2.75, 3.05) is 6.61 Å². The van der Waals surface area contributed by atoms with Crippen molar-refractivity contribution in [1.82, 2.24) is 14.9 Å². The standard InChI is InChI=1S/C21H20N4O5/c1-2-30-21(27)18-9-17(10-19(11-18)25(28)29)20(26)23-12-15-3-5-16(6-4-15)13-24-8-7-22-14-24/h3-11,14H,2,12-13H2,1H3,(H,23,26). The van der Waals surface area contributed by atoms with Gasteiger partial charge >= 0.3 is 5.97 Å². The van der Waals surface area contributed by atoms with E-state index in [2.05, 4.69) is 10.3 Å². The fourth-order valence-electron chi connectivity index (χ4n) is 2.82. The van der Waals surface area contributed by atoms with Crippen molar-refractivity contribution in [1.29, 1.82) is 0 Å². The van der Waals surface area contributed by atoms with Crippen LogP contribution in [0, 0.1) is 10.1 Å². The Hall–Kier alpha value is -4.01. The maximum absolute atomic E-state index is 12.5. The number of nitrogens with zero attached hydrogens (tertiary/aromatic N) is 3. The molecule has 0 spiro atoms. The molecule has 1 aromatic heterocycles. The van der Waals surface area contributed by atoms with E-state index in [-0.39, 0.29) is 30.0 Å². The zero-order chi connectivity index (χ0) is 21.5. The number of benzene rings is 2. The Morgan fingerprint density at radius 2 is 1.83 bits per heavy atom. The summed E-state index contributed by atoms with van der Waals surface area (Å²) in [5.74, 6) is -1.24. The second kappa shape index (κ2) is 9.46. The number of hydrogen-bond donors (Lipinski definition) is 1. The summed E-state index contributed by atoms with van der Waals surface area (Å²) in [4.78, 5) is 38.9. The normalized spacial score (nSPS) is 10.4. The third-order valence-electron chi connectivity index (χ3n) is 4.30. The Labute approximate surface area is 172 Å². The average molecular weight is 408 g/mol. The maximum atomic E-state index is 12.5. The van der Waals surface area contributed by atoms with E-state index in [1.165, 1.54) is 6.07 Å². The summed E-state index contributed by atoms with van der Waals surface area (Å²) < 4.78 is 6.82. The summed E-state index contributed by atoms with van der Waals surface area (Å²) in [6.07, 6.45) is 5.32. The number of ether oxygens (including phenoxy) is 1. The predicted octanol–water partition coefficient (Wildman–Crippen LogP) is 2.95. The van der Waals surface area contributed by atoms with Gasteiger partial charge in [0.1, 0.15) is 0 Å². The van der Waals surface area contributed by atoms with Crippen LogP contribution in [0.15, 0.2) is 61.2 Å². The second-order valence-electron chi connectivity index (χ2n) is 6.48. The SMILES string of the molecule is CCOC(=O)c1cc(C(=O)NCc2ccc(Cn3ccnc3)cc2)cc([N+](=O)[O-])c1. The van der Waals surface area contributed by atoms with E-state index >= 15 is 0 Å². The number of esters is 1. The molecule has 0 saturated heterocycles. The number of carbonyl (C=O) groups excluding carboxylic acids is 2. The molecule has 1 N–H and O–H groups in total. The van der Waals surface area contributed by atoms with E-state index in [4.69, 9.17) is 4.74 Å². The lowest BCUT2D eigenvalue weighted by atomic mass is 10.1. The Morgan fingerprint density at radius 3 is 2.47 bits per heavy atom. The average Bonchev–Trinajstić information content (AvgIpc) is 3.26. The van der Waals surface area contributed by atoms with Gasteiger partial charge in [0.25, 0.3) is 11.6 Å². The Bertz CT molecular complexity index is 1050. The lowest BCUT2D eigenvalue weighted by Crippen LogP contribution is -2.23. The van der Waals surface area contributed by atoms with Crippen molar-refractivity contribution >= 4 is 17.6 Å². The van der Waals surface area contributed by atoms with Crippen LogP contribution in [0.2, 0.25) is 0 Å². The molecule has 0 saturated carbocycles. The predicted molar refractivity (Wildman–Crippen MR) is 108 cm³/mol. The molecule has 0 atom stereocenters. The van der Waals surface area contributed by atoms with Crippen molar-refractivity contribution < 1.29 is 19.2 Å². The molecule has 9 heteroatoms. The van der Waals surface area contributed by atoms with Crippen LogP contribution >= 0.6 is 0 Å². The van der Waals surface area contributed by atoms with Crippen LogP contribution in [0.1, 0.15) is 38.8 Å². The van der Waals surface area contributed by atoms with Gasteiger partial charge in [-0.2, -0.15) is 0 Å². The second-order valence-corrected chi connectivity index (χ2v) is 6.48. The molecule has 2 aromatic carbocycles. The number of non-ortho nitro benzene ring substituents is 1. The zero-order valence-corrected chi connectivity index (χ0v) is 16.3. The number of nitrogens with one attached hydrogen (secondary N) is 1. The summed E-state index contributed by atoms with van der Waals surface area (Å²) in [7, 11) is 0. The van der Waals surface area contributed by atoms with E-state index in [1.807, 2.05) is 35.0 Å². The van der Waals surface area contributed by atoms with E-state index in [1.54, 1.807) is 19.4 Å². The number of nitro benzene ring substituents is 1. The molecule has 3 rings (SSSR count). The molecule has 0 aliphatic rings. The molecular weight excluding hydrogens is 388 g/mol. The van der Waals surface area contributed by atoms with Gasteiger partial charge in [0.05, 0.1) is 23.4 Å². The summed E-state index contributed by atoms with van der Waals surface area (Å²) in [5.41, 5.74) is 1.58. The van der Waals surface area contributed by atoms with Gasteiger partial charge < -0.3 is 14.6 Å². The maximum Gasteiger partial charge on any atom is 0.338 e. The first-order valence-electron chi connectivity index (χ1n) is 9.24. The summed E-state index contributed by atoms with van der Waals surface area (Å²) in [6.45, 7) is 2.68. The van der Waals surface area contributed by atoms with Crippen molar-refractivity contribution in [2.45, 2.75) is 20.0 Å². The van der Waals surface area contributed by atoms with Crippen molar-refractivity contribution in [3.05, 3.63) is 93.6 Å². The minimum absolute atomic E-state index is 0.0176. The number of rotatable bonds is 8.